The highest BCUT2D eigenvalue weighted by Crippen LogP contribution is 2.18. The van der Waals surface area contributed by atoms with E-state index in [9.17, 15) is 18.0 Å². The van der Waals surface area contributed by atoms with Gasteiger partial charge in [-0.25, -0.2) is 13.9 Å². The molecule has 0 aliphatic carbocycles. The maximum atomic E-state index is 12.9. The molecular weight excluding hydrogens is 556 g/mol. The Hall–Kier alpha value is -3.87. The summed E-state index contributed by atoms with van der Waals surface area (Å²) in [5, 5.41) is 13.4. The Morgan fingerprint density at radius 1 is 1.00 bits per heavy atom. The summed E-state index contributed by atoms with van der Waals surface area (Å²) in [6.45, 7) is 4.23. The number of sulfonamides is 1. The molecule has 6 N–H and O–H groups in total. The Balaban J connectivity index is 0.00000560. The predicted molar refractivity (Wildman–Crippen MR) is 157 cm³/mol. The summed E-state index contributed by atoms with van der Waals surface area (Å²) in [5.74, 6) is -0.410. The number of amides is 1. The number of carbonyl (C=O) groups is 1. The highest BCUT2D eigenvalue weighted by Gasteiger charge is 2.20. The first kappa shape index (κ1) is 32.3. The summed E-state index contributed by atoms with van der Waals surface area (Å²) in [4.78, 5) is 32.9. The molecule has 216 valence electrons. The van der Waals surface area contributed by atoms with Gasteiger partial charge in [0.1, 0.15) is 5.69 Å². The van der Waals surface area contributed by atoms with Crippen molar-refractivity contribution in [3.63, 3.8) is 0 Å². The van der Waals surface area contributed by atoms with Crippen LogP contribution in [0.1, 0.15) is 28.8 Å². The van der Waals surface area contributed by atoms with Gasteiger partial charge in [-0.15, -0.1) is 12.4 Å². The number of benzene rings is 2. The molecule has 0 bridgehead atoms. The van der Waals surface area contributed by atoms with Gasteiger partial charge in [-0.1, -0.05) is 42.5 Å². The number of H-pyrrole nitrogens is 1. The van der Waals surface area contributed by atoms with Crippen LogP contribution in [0.3, 0.4) is 0 Å². The smallest absolute Gasteiger partial charge is 0.272 e. The molecule has 0 spiro atoms. The van der Waals surface area contributed by atoms with Crippen molar-refractivity contribution in [1.29, 1.82) is 5.41 Å². The standard InChI is InChI=1S/C27H34N6O5S.ClH/c1-19-8-6-12-23(16-19)39(36,37)33-25-22(17-20(2)31-26(25)35)18-24(34)29-14-15-38-32-27(28)30-13-7-11-21-9-4-3-5-10-21;/h3-6,8-10,12,16-17,33H,7,11,13-15,18H2,1-2H3,(H,29,34)(H,31,35)(H3,28,30,32);1H. The largest absolute Gasteiger partial charge is 0.355 e. The van der Waals surface area contributed by atoms with Crippen LogP contribution < -0.4 is 26.4 Å². The average Bonchev–Trinajstić information content (AvgIpc) is 2.89. The predicted octanol–water partition coefficient (Wildman–Crippen LogP) is 2.55. The van der Waals surface area contributed by atoms with Crippen LogP contribution in [0.15, 0.2) is 70.4 Å². The van der Waals surface area contributed by atoms with Crippen molar-refractivity contribution in [1.82, 2.24) is 21.1 Å². The number of aromatic nitrogens is 1. The number of aryl methyl sites for hydroxylation is 3. The van der Waals surface area contributed by atoms with Crippen molar-refractivity contribution < 1.29 is 18.0 Å². The van der Waals surface area contributed by atoms with E-state index in [0.717, 1.165) is 18.4 Å². The molecule has 0 atom stereocenters. The second-order valence-electron chi connectivity index (χ2n) is 8.97. The van der Waals surface area contributed by atoms with E-state index in [2.05, 4.69) is 38.0 Å². The second-order valence-corrected chi connectivity index (χ2v) is 10.7. The molecular formula is C27H35ClN6O5S. The zero-order valence-corrected chi connectivity index (χ0v) is 24.0. The number of guanidine groups is 1. The van der Waals surface area contributed by atoms with Crippen LogP contribution in [0, 0.1) is 19.3 Å². The Morgan fingerprint density at radius 3 is 2.48 bits per heavy atom. The number of hydrogen-bond donors (Lipinski definition) is 6. The molecule has 3 aromatic rings. The van der Waals surface area contributed by atoms with Gasteiger partial charge in [-0.3, -0.25) is 24.6 Å². The SMILES string of the molecule is Cc1cccc(S(=O)(=O)Nc2c(CC(=O)NCCONC(=N)NCCCc3ccccc3)cc(C)[nH]c2=O)c1.Cl. The number of carbonyl (C=O) groups excluding carboxylic acids is 1. The minimum atomic E-state index is -4.04. The maximum Gasteiger partial charge on any atom is 0.272 e. The van der Waals surface area contributed by atoms with E-state index in [1.807, 2.05) is 18.2 Å². The number of nitrogens with one attached hydrogen (secondary N) is 6. The van der Waals surface area contributed by atoms with Crippen LogP contribution in [0.2, 0.25) is 0 Å². The van der Waals surface area contributed by atoms with Crippen LogP contribution in [-0.2, 0) is 32.5 Å². The number of aromatic amines is 1. The third-order valence-corrected chi connectivity index (χ3v) is 6.97. The molecule has 0 saturated carbocycles. The van der Waals surface area contributed by atoms with Gasteiger partial charge in [0.2, 0.25) is 11.9 Å². The summed E-state index contributed by atoms with van der Waals surface area (Å²) in [5.41, 5.74) is 4.34. The number of rotatable bonds is 13. The van der Waals surface area contributed by atoms with Crippen LogP contribution in [-0.4, -0.2) is 45.0 Å². The zero-order chi connectivity index (χ0) is 28.3. The average molecular weight is 591 g/mol. The highest BCUT2D eigenvalue weighted by molar-refractivity contribution is 7.92. The fourth-order valence-electron chi connectivity index (χ4n) is 3.77. The quantitative estimate of drug-likeness (QED) is 0.0770. The van der Waals surface area contributed by atoms with Crippen LogP contribution in [0.5, 0.6) is 0 Å². The third-order valence-electron chi connectivity index (χ3n) is 5.62. The van der Waals surface area contributed by atoms with E-state index in [1.54, 1.807) is 32.0 Å². The van der Waals surface area contributed by atoms with Crippen LogP contribution in [0.4, 0.5) is 5.69 Å². The number of hydrogen-bond acceptors (Lipinski definition) is 6. The molecule has 40 heavy (non-hydrogen) atoms. The first-order valence-electron chi connectivity index (χ1n) is 12.5. The molecule has 2 aromatic carbocycles. The van der Waals surface area contributed by atoms with Gasteiger partial charge < -0.3 is 15.6 Å². The van der Waals surface area contributed by atoms with E-state index in [-0.39, 0.29) is 54.1 Å². The maximum absolute atomic E-state index is 12.9. The first-order valence-corrected chi connectivity index (χ1v) is 14.0. The van der Waals surface area contributed by atoms with E-state index < -0.39 is 21.5 Å². The van der Waals surface area contributed by atoms with Crippen LogP contribution in [0.25, 0.3) is 0 Å². The van der Waals surface area contributed by atoms with Gasteiger partial charge in [0.05, 0.1) is 17.9 Å². The lowest BCUT2D eigenvalue weighted by Crippen LogP contribution is -2.39. The molecule has 0 saturated heterocycles. The van der Waals surface area contributed by atoms with Crippen LogP contribution >= 0.6 is 12.4 Å². The van der Waals surface area contributed by atoms with E-state index in [0.29, 0.717) is 12.2 Å². The Kier molecular flexibility index (Phi) is 12.7. The molecule has 13 heteroatoms. The summed E-state index contributed by atoms with van der Waals surface area (Å²) in [7, 11) is -4.04. The van der Waals surface area contributed by atoms with Crippen molar-refractivity contribution in [2.45, 2.75) is 38.0 Å². The molecule has 0 fully saturated rings. The Bertz CT molecular complexity index is 1450. The molecule has 0 unspecified atom stereocenters. The number of halogens is 1. The summed E-state index contributed by atoms with van der Waals surface area (Å²) in [6.07, 6.45) is 1.54. The Morgan fingerprint density at radius 2 is 1.75 bits per heavy atom. The fraction of sp³-hybridized carbons (Fsp3) is 0.296. The van der Waals surface area contributed by atoms with Crippen molar-refractivity contribution in [3.05, 3.63) is 93.4 Å². The van der Waals surface area contributed by atoms with Gasteiger partial charge in [0.25, 0.3) is 15.6 Å². The fourth-order valence-corrected chi connectivity index (χ4v) is 4.98. The normalized spacial score (nSPS) is 10.8. The van der Waals surface area contributed by atoms with Gasteiger partial charge >= 0.3 is 0 Å². The van der Waals surface area contributed by atoms with Crippen molar-refractivity contribution in [2.75, 3.05) is 24.4 Å². The third kappa shape index (κ3) is 10.4. The molecule has 0 aliphatic heterocycles. The Labute approximate surface area is 240 Å². The molecule has 0 aliphatic rings. The number of pyridine rings is 1. The minimum absolute atomic E-state index is 0. The van der Waals surface area contributed by atoms with Gasteiger partial charge in [-0.05, 0) is 61.6 Å². The van der Waals surface area contributed by atoms with E-state index in [4.69, 9.17) is 10.2 Å². The lowest BCUT2D eigenvalue weighted by Gasteiger charge is -2.14. The highest BCUT2D eigenvalue weighted by atomic mass is 35.5. The van der Waals surface area contributed by atoms with Gasteiger partial charge in [-0.2, -0.15) is 0 Å². The lowest BCUT2D eigenvalue weighted by atomic mass is 10.1. The zero-order valence-electron chi connectivity index (χ0n) is 22.4. The molecule has 3 rings (SSSR count). The number of hydroxylamine groups is 1. The van der Waals surface area contributed by atoms with Gasteiger partial charge in [0.15, 0.2) is 0 Å². The minimum Gasteiger partial charge on any atom is -0.355 e. The number of anilines is 1. The van der Waals surface area contributed by atoms with Crippen molar-refractivity contribution in [2.24, 2.45) is 0 Å². The monoisotopic (exact) mass is 590 g/mol. The molecule has 1 heterocycles. The summed E-state index contributed by atoms with van der Waals surface area (Å²) < 4.78 is 28.1. The lowest BCUT2D eigenvalue weighted by molar-refractivity contribution is -0.120. The van der Waals surface area contributed by atoms with E-state index >= 15 is 0 Å². The van der Waals surface area contributed by atoms with Crippen molar-refractivity contribution >= 4 is 40.0 Å². The second kappa shape index (κ2) is 15.7. The summed E-state index contributed by atoms with van der Waals surface area (Å²) >= 11 is 0. The topological polar surface area (TPSA) is 165 Å². The molecule has 1 aromatic heterocycles. The summed E-state index contributed by atoms with van der Waals surface area (Å²) in [6, 6.07) is 17.9. The first-order chi connectivity index (χ1) is 18.6. The molecule has 0 radical (unpaired) electrons. The molecule has 11 nitrogen and oxygen atoms in total. The van der Waals surface area contributed by atoms with Crippen molar-refractivity contribution in [3.8, 4) is 0 Å². The van der Waals surface area contributed by atoms with E-state index in [1.165, 1.54) is 17.7 Å². The van der Waals surface area contributed by atoms with Gasteiger partial charge in [0, 0.05) is 18.8 Å². The molecule has 1 amide bonds.